The topological polar surface area (TPSA) is 95.1 Å². The van der Waals surface area contributed by atoms with E-state index in [1.165, 1.54) is 24.5 Å². The van der Waals surface area contributed by atoms with E-state index in [-0.39, 0.29) is 28.4 Å². The minimum Gasteiger partial charge on any atom is -0.468 e. The molecule has 6 nitrogen and oxygen atoms in total. The second kappa shape index (κ2) is 10.6. The Morgan fingerprint density at radius 2 is 1.91 bits per heavy atom. The molecule has 2 aromatic carbocycles. The van der Waals surface area contributed by atoms with Gasteiger partial charge in [-0.25, -0.2) is 4.39 Å². The Kier molecular flexibility index (Phi) is 7.39. The van der Waals surface area contributed by atoms with Crippen molar-refractivity contribution in [3.8, 4) is 6.07 Å². The van der Waals surface area contributed by atoms with Gasteiger partial charge in [0.25, 0.3) is 5.91 Å². The number of nitriles is 1. The molecule has 9 heteroatoms. The Balaban J connectivity index is 1.64. The number of allylic oxidation sites excluding steroid dienone is 2. The van der Waals surface area contributed by atoms with Crippen molar-refractivity contribution in [1.82, 2.24) is 5.32 Å². The number of nitrogens with zero attached hydrogens (tertiary/aromatic N) is 1. The number of hydrogen-bond donors (Lipinski definition) is 2. The molecule has 35 heavy (non-hydrogen) atoms. The van der Waals surface area contributed by atoms with E-state index >= 15 is 0 Å². The lowest BCUT2D eigenvalue weighted by atomic mass is 9.85. The van der Waals surface area contributed by atoms with E-state index in [1.807, 2.05) is 0 Å². The molecule has 0 radical (unpaired) electrons. The molecular formula is C26H19ClFN3O3S. The smallest absolute Gasteiger partial charge is 0.254 e. The fourth-order valence-electron chi connectivity index (χ4n) is 3.68. The van der Waals surface area contributed by atoms with Crippen LogP contribution < -0.4 is 10.6 Å². The molecule has 1 aliphatic rings. The molecule has 0 spiro atoms. The first-order valence-electron chi connectivity index (χ1n) is 10.5. The fourth-order valence-corrected chi connectivity index (χ4v) is 4.79. The fraction of sp³-hybridized carbons (Fsp3) is 0.115. The van der Waals surface area contributed by atoms with Crippen LogP contribution in [0.5, 0.6) is 0 Å². The van der Waals surface area contributed by atoms with Crippen molar-refractivity contribution >= 4 is 40.7 Å². The average Bonchev–Trinajstić information content (AvgIpc) is 3.38. The lowest BCUT2D eigenvalue weighted by molar-refractivity contribution is -0.113. The summed E-state index contributed by atoms with van der Waals surface area (Å²) in [5.74, 6) is -1.69. The van der Waals surface area contributed by atoms with E-state index in [4.69, 9.17) is 16.0 Å². The van der Waals surface area contributed by atoms with Gasteiger partial charge in [0, 0.05) is 16.3 Å². The molecule has 1 amide bonds. The molecule has 1 atom stereocenters. The number of hydrogen-bond acceptors (Lipinski definition) is 6. The third-order valence-electron chi connectivity index (χ3n) is 5.36. The molecule has 2 heterocycles. The molecule has 1 aromatic heterocycles. The number of dihydropyridines is 1. The maximum absolute atomic E-state index is 14.2. The number of amides is 1. The highest BCUT2D eigenvalue weighted by Gasteiger charge is 2.36. The summed E-state index contributed by atoms with van der Waals surface area (Å²) in [6, 6.07) is 17.9. The van der Waals surface area contributed by atoms with Crippen LogP contribution >= 0.6 is 23.4 Å². The predicted molar refractivity (Wildman–Crippen MR) is 133 cm³/mol. The van der Waals surface area contributed by atoms with E-state index in [0.29, 0.717) is 27.1 Å². The summed E-state index contributed by atoms with van der Waals surface area (Å²) < 4.78 is 19.7. The summed E-state index contributed by atoms with van der Waals surface area (Å²) in [6.45, 7) is 1.68. The van der Waals surface area contributed by atoms with E-state index in [2.05, 4.69) is 16.7 Å². The molecule has 1 aliphatic heterocycles. The van der Waals surface area contributed by atoms with Crippen LogP contribution in [-0.4, -0.2) is 17.4 Å². The number of ketones is 1. The summed E-state index contributed by atoms with van der Waals surface area (Å²) in [5, 5.41) is 16.7. The van der Waals surface area contributed by atoms with Gasteiger partial charge in [-0.1, -0.05) is 35.5 Å². The van der Waals surface area contributed by atoms with E-state index < -0.39 is 17.6 Å². The number of nitrogens with one attached hydrogen (secondary N) is 2. The minimum atomic E-state index is -0.837. The highest BCUT2D eigenvalue weighted by atomic mass is 35.5. The van der Waals surface area contributed by atoms with Crippen molar-refractivity contribution in [2.75, 3.05) is 11.1 Å². The molecule has 0 saturated carbocycles. The number of halogens is 2. The van der Waals surface area contributed by atoms with Gasteiger partial charge in [-0.2, -0.15) is 5.26 Å². The van der Waals surface area contributed by atoms with Gasteiger partial charge in [0.15, 0.2) is 5.78 Å². The number of thioether (sulfide) groups is 1. The van der Waals surface area contributed by atoms with Crippen molar-refractivity contribution in [2.45, 2.75) is 12.8 Å². The molecule has 3 aromatic rings. The minimum absolute atomic E-state index is 0.0206. The van der Waals surface area contributed by atoms with Crippen molar-refractivity contribution in [3.63, 3.8) is 0 Å². The lowest BCUT2D eigenvalue weighted by Crippen LogP contribution is -2.31. The highest BCUT2D eigenvalue weighted by Crippen LogP contribution is 2.41. The number of carbonyl (C=O) groups is 2. The largest absolute Gasteiger partial charge is 0.468 e. The van der Waals surface area contributed by atoms with Gasteiger partial charge in [-0.05, 0) is 55.5 Å². The second-order valence-corrected chi connectivity index (χ2v) is 9.04. The summed E-state index contributed by atoms with van der Waals surface area (Å²) in [5.41, 5.74) is 1.41. The number of rotatable bonds is 7. The number of benzene rings is 2. The molecule has 4 rings (SSSR count). The van der Waals surface area contributed by atoms with Gasteiger partial charge >= 0.3 is 0 Å². The number of anilines is 1. The van der Waals surface area contributed by atoms with Crippen molar-refractivity contribution in [3.05, 3.63) is 111 Å². The molecule has 1 unspecified atom stereocenters. The Hall–Kier alpha value is -3.80. The molecule has 0 saturated heterocycles. The zero-order chi connectivity index (χ0) is 24.9. The standard InChI is InChI=1S/C26H19ClFN3O3S/c1-15-23(25(33)31-20-6-3-2-5-19(20)28)24(22-7-4-12-34-22)18(13-29)26(30-15)35-14-21(32)16-8-10-17(27)11-9-16/h2-12,24,30H,14H2,1H3,(H,31,33). The van der Waals surface area contributed by atoms with E-state index in [9.17, 15) is 19.2 Å². The first kappa shape index (κ1) is 24.3. The van der Waals surface area contributed by atoms with Gasteiger partial charge in [0.05, 0.1) is 45.9 Å². The number of para-hydroxylation sites is 1. The van der Waals surface area contributed by atoms with Crippen molar-refractivity contribution in [1.29, 1.82) is 5.26 Å². The Labute approximate surface area is 210 Å². The van der Waals surface area contributed by atoms with Crippen LogP contribution in [-0.2, 0) is 4.79 Å². The average molecular weight is 508 g/mol. The monoisotopic (exact) mass is 507 g/mol. The molecule has 0 bridgehead atoms. The quantitative estimate of drug-likeness (QED) is 0.379. The Morgan fingerprint density at radius 1 is 1.17 bits per heavy atom. The number of carbonyl (C=O) groups excluding carboxylic acids is 2. The third kappa shape index (κ3) is 5.32. The third-order valence-corrected chi connectivity index (χ3v) is 6.62. The normalized spacial score (nSPS) is 15.4. The zero-order valence-corrected chi connectivity index (χ0v) is 20.0. The molecular weight excluding hydrogens is 489 g/mol. The number of Topliss-reactive ketones (excluding diaryl/α,β-unsaturated/α-hetero) is 1. The summed E-state index contributed by atoms with van der Waals surface area (Å²) in [4.78, 5) is 25.9. The summed E-state index contributed by atoms with van der Waals surface area (Å²) in [6.07, 6.45) is 1.45. The lowest BCUT2D eigenvalue weighted by Gasteiger charge is -2.28. The molecule has 2 N–H and O–H groups in total. The van der Waals surface area contributed by atoms with Gasteiger partial charge in [0.1, 0.15) is 11.6 Å². The van der Waals surface area contributed by atoms with Crippen LogP contribution in [0, 0.1) is 17.1 Å². The second-order valence-electron chi connectivity index (χ2n) is 7.62. The van der Waals surface area contributed by atoms with Crippen LogP contribution in [0.4, 0.5) is 10.1 Å². The van der Waals surface area contributed by atoms with E-state index in [1.54, 1.807) is 49.4 Å². The van der Waals surface area contributed by atoms with Crippen molar-refractivity contribution in [2.24, 2.45) is 0 Å². The van der Waals surface area contributed by atoms with Gasteiger partial charge in [-0.15, -0.1) is 0 Å². The molecule has 0 aliphatic carbocycles. The van der Waals surface area contributed by atoms with Crippen LogP contribution in [0.1, 0.15) is 29.0 Å². The SMILES string of the molecule is CC1=C(C(=O)Nc2ccccc2F)C(c2ccco2)C(C#N)=C(SCC(=O)c2ccc(Cl)cc2)N1. The van der Waals surface area contributed by atoms with Gasteiger partial charge in [0.2, 0.25) is 0 Å². The van der Waals surface area contributed by atoms with Crippen LogP contribution in [0.25, 0.3) is 0 Å². The maximum Gasteiger partial charge on any atom is 0.254 e. The Morgan fingerprint density at radius 3 is 2.57 bits per heavy atom. The summed E-state index contributed by atoms with van der Waals surface area (Å²) >= 11 is 7.05. The highest BCUT2D eigenvalue weighted by molar-refractivity contribution is 8.03. The Bertz CT molecular complexity index is 1380. The van der Waals surface area contributed by atoms with Crippen LogP contribution in [0.15, 0.2) is 93.2 Å². The first-order valence-corrected chi connectivity index (χ1v) is 11.9. The first-order chi connectivity index (χ1) is 16.9. The molecule has 176 valence electrons. The van der Waals surface area contributed by atoms with Crippen LogP contribution in [0.3, 0.4) is 0 Å². The molecule has 0 fully saturated rings. The number of furan rings is 1. The van der Waals surface area contributed by atoms with Crippen molar-refractivity contribution < 1.29 is 18.4 Å². The summed E-state index contributed by atoms with van der Waals surface area (Å²) in [7, 11) is 0. The predicted octanol–water partition coefficient (Wildman–Crippen LogP) is 6.02. The zero-order valence-electron chi connectivity index (χ0n) is 18.5. The van der Waals surface area contributed by atoms with Gasteiger partial charge < -0.3 is 15.1 Å². The van der Waals surface area contributed by atoms with Gasteiger partial charge in [-0.3, -0.25) is 9.59 Å². The van der Waals surface area contributed by atoms with E-state index in [0.717, 1.165) is 11.8 Å². The van der Waals surface area contributed by atoms with Crippen LogP contribution in [0.2, 0.25) is 5.02 Å². The maximum atomic E-state index is 14.2.